The fraction of sp³-hybridized carbons (Fsp3) is 0.474. The monoisotopic (exact) mass is 360 g/mol. The first kappa shape index (κ1) is 17.9. The van der Waals surface area contributed by atoms with E-state index in [1.165, 1.54) is 0 Å². The Bertz CT molecular complexity index is 742. The smallest absolute Gasteiger partial charge is 0.225 e. The van der Waals surface area contributed by atoms with Crippen LogP contribution in [0, 0.1) is 0 Å². The van der Waals surface area contributed by atoms with E-state index in [9.17, 15) is 4.79 Å². The number of ether oxygens (including phenoxy) is 2. The van der Waals surface area contributed by atoms with Crippen LogP contribution in [0.2, 0.25) is 0 Å². The lowest BCUT2D eigenvalue weighted by atomic mass is 9.91. The van der Waals surface area contributed by atoms with E-state index in [4.69, 9.17) is 14.5 Å². The van der Waals surface area contributed by atoms with E-state index < -0.39 is 0 Å². The SMILES string of the molecule is CCOCCOc1ccc2c(c1)NC(=O)C[C@@H]2c1nc(C(C)C)cs1. The molecule has 0 radical (unpaired) electrons. The first-order valence-corrected chi connectivity index (χ1v) is 9.56. The third-order valence-corrected chi connectivity index (χ3v) is 5.17. The van der Waals surface area contributed by atoms with Crippen molar-refractivity contribution in [1.29, 1.82) is 0 Å². The van der Waals surface area contributed by atoms with Crippen LogP contribution >= 0.6 is 11.3 Å². The van der Waals surface area contributed by atoms with E-state index in [-0.39, 0.29) is 11.8 Å². The predicted octanol–water partition coefficient (Wildman–Crippen LogP) is 4.16. The fourth-order valence-corrected chi connectivity index (χ4v) is 3.94. The predicted molar refractivity (Wildman–Crippen MR) is 99.7 cm³/mol. The average Bonchev–Trinajstić information content (AvgIpc) is 3.08. The normalized spacial score (nSPS) is 16.6. The van der Waals surface area contributed by atoms with E-state index in [1.54, 1.807) is 11.3 Å². The standard InChI is InChI=1S/C19H24N2O3S/c1-4-23-7-8-24-13-5-6-14-15(10-18(22)20-16(14)9-13)19-21-17(11-25-19)12(2)3/h5-6,9,11-12,15H,4,7-8,10H2,1-3H3,(H,20,22)/t15-/m0/s1. The second kappa shape index (κ2) is 7.97. The van der Waals surface area contributed by atoms with Crippen molar-refractivity contribution in [2.24, 2.45) is 0 Å². The van der Waals surface area contributed by atoms with Gasteiger partial charge >= 0.3 is 0 Å². The number of nitrogens with zero attached hydrogens (tertiary/aromatic N) is 1. The van der Waals surface area contributed by atoms with Gasteiger partial charge in [-0.2, -0.15) is 0 Å². The highest BCUT2D eigenvalue weighted by Crippen LogP contribution is 2.40. The molecule has 0 saturated heterocycles. The van der Waals surface area contributed by atoms with Gasteiger partial charge in [0.1, 0.15) is 17.4 Å². The Balaban J connectivity index is 1.81. The van der Waals surface area contributed by atoms with Crippen LogP contribution in [0.4, 0.5) is 5.69 Å². The molecule has 134 valence electrons. The Labute approximate surface area is 152 Å². The lowest BCUT2D eigenvalue weighted by Crippen LogP contribution is -2.23. The minimum Gasteiger partial charge on any atom is -0.491 e. The van der Waals surface area contributed by atoms with Crippen LogP contribution in [0.3, 0.4) is 0 Å². The van der Waals surface area contributed by atoms with Gasteiger partial charge in [0.25, 0.3) is 0 Å². The molecule has 1 aromatic heterocycles. The van der Waals surface area contributed by atoms with Crippen molar-refractivity contribution in [2.75, 3.05) is 25.1 Å². The zero-order valence-electron chi connectivity index (χ0n) is 14.9. The molecule has 0 fully saturated rings. The Morgan fingerprint density at radius 2 is 2.20 bits per heavy atom. The summed E-state index contributed by atoms with van der Waals surface area (Å²) >= 11 is 1.63. The van der Waals surface area contributed by atoms with Crippen LogP contribution in [0.1, 0.15) is 55.3 Å². The number of nitrogens with one attached hydrogen (secondary N) is 1. The number of amides is 1. The fourth-order valence-electron chi connectivity index (χ4n) is 2.84. The molecular weight excluding hydrogens is 336 g/mol. The van der Waals surface area contributed by atoms with Crippen molar-refractivity contribution in [2.45, 2.75) is 39.0 Å². The molecule has 1 atom stereocenters. The second-order valence-electron chi connectivity index (χ2n) is 6.36. The van der Waals surface area contributed by atoms with E-state index in [2.05, 4.69) is 24.5 Å². The van der Waals surface area contributed by atoms with Crippen molar-refractivity contribution in [3.05, 3.63) is 39.8 Å². The van der Waals surface area contributed by atoms with Gasteiger partial charge < -0.3 is 14.8 Å². The number of aromatic nitrogens is 1. The third kappa shape index (κ3) is 4.19. The summed E-state index contributed by atoms with van der Waals surface area (Å²) in [5.74, 6) is 1.16. The highest BCUT2D eigenvalue weighted by Gasteiger charge is 2.29. The number of carbonyl (C=O) groups is 1. The number of hydrogen-bond acceptors (Lipinski definition) is 5. The summed E-state index contributed by atoms with van der Waals surface area (Å²) in [7, 11) is 0. The van der Waals surface area contributed by atoms with Gasteiger partial charge in [-0.15, -0.1) is 11.3 Å². The van der Waals surface area contributed by atoms with Crippen molar-refractivity contribution in [3.63, 3.8) is 0 Å². The molecule has 1 aromatic carbocycles. The number of hydrogen-bond donors (Lipinski definition) is 1. The Kier molecular flexibility index (Phi) is 5.71. The summed E-state index contributed by atoms with van der Waals surface area (Å²) in [5.41, 5.74) is 3.00. The summed E-state index contributed by atoms with van der Waals surface area (Å²) in [6.45, 7) is 7.95. The molecule has 0 saturated carbocycles. The maximum Gasteiger partial charge on any atom is 0.225 e. The topological polar surface area (TPSA) is 60.5 Å². The Morgan fingerprint density at radius 1 is 1.36 bits per heavy atom. The molecule has 1 aliphatic heterocycles. The second-order valence-corrected chi connectivity index (χ2v) is 7.25. The van der Waals surface area contributed by atoms with Crippen molar-refractivity contribution >= 4 is 22.9 Å². The maximum absolute atomic E-state index is 12.2. The third-order valence-electron chi connectivity index (χ3n) is 4.19. The molecule has 6 heteroatoms. The highest BCUT2D eigenvalue weighted by atomic mass is 32.1. The molecular formula is C19H24N2O3S. The number of anilines is 1. The zero-order chi connectivity index (χ0) is 17.8. The van der Waals surface area contributed by atoms with Crippen LogP contribution in [-0.2, 0) is 9.53 Å². The summed E-state index contributed by atoms with van der Waals surface area (Å²) in [6.07, 6.45) is 0.433. The van der Waals surface area contributed by atoms with Gasteiger partial charge in [0.2, 0.25) is 5.91 Å². The Hall–Kier alpha value is -1.92. The van der Waals surface area contributed by atoms with E-state index >= 15 is 0 Å². The molecule has 2 heterocycles. The van der Waals surface area contributed by atoms with Crippen LogP contribution in [0.25, 0.3) is 0 Å². The molecule has 0 unspecified atom stereocenters. The molecule has 0 bridgehead atoms. The molecule has 2 aromatic rings. The zero-order valence-corrected chi connectivity index (χ0v) is 15.7. The van der Waals surface area contributed by atoms with Gasteiger partial charge in [0, 0.05) is 36.1 Å². The van der Waals surface area contributed by atoms with Crippen LogP contribution in [0.5, 0.6) is 5.75 Å². The molecule has 0 spiro atoms. The lowest BCUT2D eigenvalue weighted by molar-refractivity contribution is -0.116. The molecule has 3 rings (SSSR count). The van der Waals surface area contributed by atoms with Gasteiger partial charge in [-0.05, 0) is 24.5 Å². The molecule has 5 nitrogen and oxygen atoms in total. The van der Waals surface area contributed by atoms with Gasteiger partial charge in [0.05, 0.1) is 12.3 Å². The van der Waals surface area contributed by atoms with Crippen LogP contribution < -0.4 is 10.1 Å². The largest absolute Gasteiger partial charge is 0.491 e. The van der Waals surface area contributed by atoms with Gasteiger partial charge in [-0.25, -0.2) is 4.98 Å². The Morgan fingerprint density at radius 3 is 2.92 bits per heavy atom. The van der Waals surface area contributed by atoms with E-state index in [0.717, 1.165) is 27.7 Å². The number of benzene rings is 1. The average molecular weight is 360 g/mol. The van der Waals surface area contributed by atoms with Crippen molar-refractivity contribution < 1.29 is 14.3 Å². The first-order valence-electron chi connectivity index (χ1n) is 8.68. The molecule has 0 aliphatic carbocycles. The highest BCUT2D eigenvalue weighted by molar-refractivity contribution is 7.09. The van der Waals surface area contributed by atoms with Crippen molar-refractivity contribution in [3.8, 4) is 5.75 Å². The maximum atomic E-state index is 12.2. The molecule has 1 amide bonds. The van der Waals surface area contributed by atoms with Crippen LogP contribution in [0.15, 0.2) is 23.6 Å². The summed E-state index contributed by atoms with van der Waals surface area (Å²) in [5, 5.41) is 6.06. The molecule has 1 aliphatic rings. The number of fused-ring (bicyclic) bond motifs is 1. The van der Waals surface area contributed by atoms with Gasteiger partial charge in [0.15, 0.2) is 0 Å². The molecule has 1 N–H and O–H groups in total. The minimum absolute atomic E-state index is 0.0127. The first-order chi connectivity index (χ1) is 12.1. The summed E-state index contributed by atoms with van der Waals surface area (Å²) in [4.78, 5) is 16.9. The quantitative estimate of drug-likeness (QED) is 0.753. The van der Waals surface area contributed by atoms with Gasteiger partial charge in [-0.3, -0.25) is 4.79 Å². The van der Waals surface area contributed by atoms with E-state index in [0.29, 0.717) is 32.2 Å². The summed E-state index contributed by atoms with van der Waals surface area (Å²) < 4.78 is 11.0. The van der Waals surface area contributed by atoms with Crippen LogP contribution in [-0.4, -0.2) is 30.7 Å². The number of thiazole rings is 1. The minimum atomic E-state index is 0.0127. The molecule has 25 heavy (non-hydrogen) atoms. The van der Waals surface area contributed by atoms with E-state index in [1.807, 2.05) is 25.1 Å². The number of rotatable bonds is 7. The lowest BCUT2D eigenvalue weighted by Gasteiger charge is -2.24. The number of carbonyl (C=O) groups excluding carboxylic acids is 1. The van der Waals surface area contributed by atoms with Crippen molar-refractivity contribution in [1.82, 2.24) is 4.98 Å². The summed E-state index contributed by atoms with van der Waals surface area (Å²) in [6, 6.07) is 5.88. The van der Waals surface area contributed by atoms with Gasteiger partial charge in [-0.1, -0.05) is 19.9 Å².